The Balaban J connectivity index is 1.66. The van der Waals surface area contributed by atoms with E-state index in [4.69, 9.17) is 26.2 Å². The molecule has 1 aliphatic rings. The Bertz CT molecular complexity index is 1070. The summed E-state index contributed by atoms with van der Waals surface area (Å²) in [6.45, 7) is 1.70. The van der Waals surface area contributed by atoms with Crippen molar-refractivity contribution in [2.45, 2.75) is 37.0 Å². The highest BCUT2D eigenvalue weighted by atomic mass is 35.5. The number of primary sulfonamides is 1. The molecule has 0 fully saturated rings. The van der Waals surface area contributed by atoms with E-state index >= 15 is 0 Å². The number of halogens is 1. The monoisotopic (exact) mass is 452 g/mol. The average molecular weight is 453 g/mol. The summed E-state index contributed by atoms with van der Waals surface area (Å²) >= 11 is 6.30. The van der Waals surface area contributed by atoms with Gasteiger partial charge in [0.1, 0.15) is 11.5 Å². The van der Waals surface area contributed by atoms with E-state index in [2.05, 4.69) is 5.32 Å². The minimum Gasteiger partial charge on any atom is -0.482 e. The van der Waals surface area contributed by atoms with Crippen molar-refractivity contribution in [3.63, 3.8) is 0 Å². The number of esters is 1. The third-order valence-corrected chi connectivity index (χ3v) is 5.83. The second-order valence-corrected chi connectivity index (χ2v) is 8.86. The van der Waals surface area contributed by atoms with Gasteiger partial charge in [0.25, 0.3) is 5.91 Å². The van der Waals surface area contributed by atoms with E-state index in [1.807, 2.05) is 6.92 Å². The lowest BCUT2D eigenvalue weighted by atomic mass is 9.89. The predicted octanol–water partition coefficient (Wildman–Crippen LogP) is 3.20. The SMILES string of the molecule is CCCC1CC(=O)Oc2cc(OCC(=O)Nc3ccc(S(N)(=O)=O)cc3)c(Cl)cc21. The summed E-state index contributed by atoms with van der Waals surface area (Å²) in [5.74, 6) is -0.132. The lowest BCUT2D eigenvalue weighted by Gasteiger charge is -2.25. The first-order valence-electron chi connectivity index (χ1n) is 9.27. The molecule has 3 rings (SSSR count). The van der Waals surface area contributed by atoms with Crippen LogP contribution in [0.2, 0.25) is 5.02 Å². The Morgan fingerprint density at radius 1 is 1.30 bits per heavy atom. The molecule has 2 aromatic rings. The molecular formula is C20H21ClN2O6S. The number of sulfonamides is 1. The van der Waals surface area contributed by atoms with E-state index in [-0.39, 0.29) is 29.1 Å². The summed E-state index contributed by atoms with van der Waals surface area (Å²) in [5.41, 5.74) is 1.23. The number of hydrogen-bond donors (Lipinski definition) is 2. The number of rotatable bonds is 7. The van der Waals surface area contributed by atoms with Gasteiger partial charge in [-0.2, -0.15) is 0 Å². The van der Waals surface area contributed by atoms with Gasteiger partial charge in [0, 0.05) is 17.3 Å². The number of amides is 1. The third-order valence-electron chi connectivity index (χ3n) is 4.60. The van der Waals surface area contributed by atoms with Crippen LogP contribution in [0.1, 0.15) is 37.7 Å². The summed E-state index contributed by atoms with van der Waals surface area (Å²) in [5, 5.41) is 7.93. The Morgan fingerprint density at radius 3 is 2.63 bits per heavy atom. The number of nitrogens with two attached hydrogens (primary N) is 1. The van der Waals surface area contributed by atoms with Gasteiger partial charge >= 0.3 is 5.97 Å². The van der Waals surface area contributed by atoms with Crippen molar-refractivity contribution in [3.05, 3.63) is 47.0 Å². The zero-order valence-electron chi connectivity index (χ0n) is 16.2. The molecule has 3 N–H and O–H groups in total. The quantitative estimate of drug-likeness (QED) is 0.491. The van der Waals surface area contributed by atoms with Gasteiger partial charge in [-0.05, 0) is 42.7 Å². The van der Waals surface area contributed by atoms with Crippen molar-refractivity contribution in [1.82, 2.24) is 0 Å². The van der Waals surface area contributed by atoms with Gasteiger partial charge in [-0.25, -0.2) is 13.6 Å². The number of ether oxygens (including phenoxy) is 2. The van der Waals surface area contributed by atoms with Crippen LogP contribution in [-0.2, 0) is 19.6 Å². The number of benzene rings is 2. The molecular weight excluding hydrogens is 432 g/mol. The van der Waals surface area contributed by atoms with E-state index < -0.39 is 15.9 Å². The maximum absolute atomic E-state index is 12.1. The van der Waals surface area contributed by atoms with Crippen LogP contribution in [0.4, 0.5) is 5.69 Å². The fourth-order valence-electron chi connectivity index (χ4n) is 3.22. The summed E-state index contributed by atoms with van der Waals surface area (Å²) in [6, 6.07) is 8.63. The average Bonchev–Trinajstić information content (AvgIpc) is 2.67. The first kappa shape index (κ1) is 22.1. The van der Waals surface area contributed by atoms with Crippen LogP contribution in [0, 0.1) is 0 Å². The second kappa shape index (κ2) is 9.03. The maximum atomic E-state index is 12.1. The highest BCUT2D eigenvalue weighted by Gasteiger charge is 2.28. The molecule has 0 spiro atoms. The second-order valence-electron chi connectivity index (χ2n) is 6.89. The smallest absolute Gasteiger partial charge is 0.311 e. The van der Waals surface area contributed by atoms with Crippen molar-refractivity contribution < 1.29 is 27.5 Å². The van der Waals surface area contributed by atoms with Crippen molar-refractivity contribution >= 4 is 39.2 Å². The van der Waals surface area contributed by atoms with Gasteiger partial charge in [0.2, 0.25) is 10.0 Å². The minimum atomic E-state index is -3.81. The molecule has 30 heavy (non-hydrogen) atoms. The number of fused-ring (bicyclic) bond motifs is 1. The van der Waals surface area contributed by atoms with Crippen molar-refractivity contribution in [2.24, 2.45) is 5.14 Å². The molecule has 0 saturated heterocycles. The lowest BCUT2D eigenvalue weighted by molar-refractivity contribution is -0.136. The van der Waals surface area contributed by atoms with Gasteiger partial charge < -0.3 is 14.8 Å². The molecule has 1 unspecified atom stereocenters. The third kappa shape index (κ3) is 5.29. The Labute approximate surface area is 179 Å². The molecule has 8 nitrogen and oxygen atoms in total. The largest absolute Gasteiger partial charge is 0.482 e. The number of carbonyl (C=O) groups excluding carboxylic acids is 2. The van der Waals surface area contributed by atoms with Gasteiger partial charge in [0.05, 0.1) is 16.3 Å². The summed E-state index contributed by atoms with van der Waals surface area (Å²) in [4.78, 5) is 23.9. The van der Waals surface area contributed by atoms with Crippen LogP contribution in [0.5, 0.6) is 11.5 Å². The van der Waals surface area contributed by atoms with Crippen LogP contribution in [0.3, 0.4) is 0 Å². The van der Waals surface area contributed by atoms with Crippen LogP contribution in [0.25, 0.3) is 0 Å². The van der Waals surface area contributed by atoms with Crippen LogP contribution >= 0.6 is 11.6 Å². The normalized spacial score (nSPS) is 15.8. The van der Waals surface area contributed by atoms with Crippen molar-refractivity contribution in [3.8, 4) is 11.5 Å². The molecule has 1 amide bonds. The Morgan fingerprint density at radius 2 is 2.00 bits per heavy atom. The Kier molecular flexibility index (Phi) is 6.64. The zero-order chi connectivity index (χ0) is 21.9. The molecule has 0 aromatic heterocycles. The molecule has 10 heteroatoms. The molecule has 1 aliphatic heterocycles. The van der Waals surface area contributed by atoms with E-state index in [9.17, 15) is 18.0 Å². The van der Waals surface area contributed by atoms with Gasteiger partial charge in [0.15, 0.2) is 6.61 Å². The number of carbonyl (C=O) groups is 2. The van der Waals surface area contributed by atoms with Gasteiger partial charge in [-0.3, -0.25) is 9.59 Å². The van der Waals surface area contributed by atoms with E-state index in [0.717, 1.165) is 18.4 Å². The first-order valence-corrected chi connectivity index (χ1v) is 11.2. The molecule has 0 aliphatic carbocycles. The van der Waals surface area contributed by atoms with Crippen molar-refractivity contribution in [1.29, 1.82) is 0 Å². The van der Waals surface area contributed by atoms with E-state index in [1.54, 1.807) is 6.07 Å². The minimum absolute atomic E-state index is 0.0430. The van der Waals surface area contributed by atoms with Crippen LogP contribution in [0.15, 0.2) is 41.3 Å². The topological polar surface area (TPSA) is 125 Å². The molecule has 0 radical (unpaired) electrons. The molecule has 1 atom stereocenters. The van der Waals surface area contributed by atoms with E-state index in [1.165, 1.54) is 30.3 Å². The highest BCUT2D eigenvalue weighted by molar-refractivity contribution is 7.89. The summed E-state index contributed by atoms with van der Waals surface area (Å²) < 4.78 is 33.3. The fourth-order valence-corrected chi connectivity index (χ4v) is 3.96. The highest BCUT2D eigenvalue weighted by Crippen LogP contribution is 2.42. The standard InChI is InChI=1S/C20H21ClN2O6S/c1-2-3-12-8-20(25)29-17-10-18(16(21)9-15(12)17)28-11-19(24)23-13-4-6-14(7-5-13)30(22,26)27/h4-7,9-10,12H,2-3,8,11H2,1H3,(H,23,24)(H2,22,26,27). The fraction of sp³-hybridized carbons (Fsp3) is 0.300. The summed E-state index contributed by atoms with van der Waals surface area (Å²) in [6.07, 6.45) is 2.07. The zero-order valence-corrected chi connectivity index (χ0v) is 17.8. The maximum Gasteiger partial charge on any atom is 0.311 e. The van der Waals surface area contributed by atoms with Crippen molar-refractivity contribution in [2.75, 3.05) is 11.9 Å². The number of nitrogens with one attached hydrogen (secondary N) is 1. The first-order chi connectivity index (χ1) is 14.2. The molecule has 1 heterocycles. The summed E-state index contributed by atoms with van der Waals surface area (Å²) in [7, 11) is -3.81. The van der Waals surface area contributed by atoms with Crippen LogP contribution in [-0.4, -0.2) is 26.9 Å². The molecule has 0 bridgehead atoms. The molecule has 160 valence electrons. The number of hydrogen-bond acceptors (Lipinski definition) is 6. The molecule has 2 aromatic carbocycles. The van der Waals surface area contributed by atoms with E-state index in [0.29, 0.717) is 22.9 Å². The lowest BCUT2D eigenvalue weighted by Crippen LogP contribution is -2.22. The van der Waals surface area contributed by atoms with Gasteiger partial charge in [-0.1, -0.05) is 24.9 Å². The number of anilines is 1. The Hall–Kier alpha value is -2.62. The molecule has 0 saturated carbocycles. The van der Waals surface area contributed by atoms with Gasteiger partial charge in [-0.15, -0.1) is 0 Å². The predicted molar refractivity (Wildman–Crippen MR) is 111 cm³/mol. The van der Waals surface area contributed by atoms with Crippen LogP contribution < -0.4 is 19.9 Å².